The first-order valence-corrected chi connectivity index (χ1v) is 8.79. The van der Waals surface area contributed by atoms with Crippen molar-refractivity contribution < 1.29 is 4.79 Å². The van der Waals surface area contributed by atoms with Crippen LogP contribution in [0.1, 0.15) is 64.2 Å². The summed E-state index contributed by atoms with van der Waals surface area (Å²) in [6.07, 6.45) is 12.2. The van der Waals surface area contributed by atoms with E-state index in [0.717, 1.165) is 37.1 Å². The van der Waals surface area contributed by atoms with Crippen LogP contribution in [0, 0.1) is 5.92 Å². The zero-order valence-electron chi connectivity index (χ0n) is 11.4. The van der Waals surface area contributed by atoms with E-state index in [9.17, 15) is 4.79 Å². The Morgan fingerprint density at radius 3 is 2.50 bits per heavy atom. The standard InChI is InChI=1S/C15H26BrNO/c16-11-10-14-7-3-4-12-17(14)15(18)9-8-13-5-1-2-6-13/h13-14H,1-12H2. The van der Waals surface area contributed by atoms with Gasteiger partial charge in [-0.05, 0) is 38.0 Å². The number of amides is 1. The van der Waals surface area contributed by atoms with Crippen LogP contribution in [0.2, 0.25) is 0 Å². The minimum Gasteiger partial charge on any atom is -0.340 e. The Labute approximate surface area is 120 Å². The summed E-state index contributed by atoms with van der Waals surface area (Å²) in [5.74, 6) is 1.26. The van der Waals surface area contributed by atoms with Crippen molar-refractivity contribution >= 4 is 21.8 Å². The molecule has 2 fully saturated rings. The summed E-state index contributed by atoms with van der Waals surface area (Å²) < 4.78 is 0. The van der Waals surface area contributed by atoms with Gasteiger partial charge in [0, 0.05) is 24.3 Å². The van der Waals surface area contributed by atoms with Gasteiger partial charge in [0.2, 0.25) is 5.91 Å². The van der Waals surface area contributed by atoms with Gasteiger partial charge >= 0.3 is 0 Å². The lowest BCUT2D eigenvalue weighted by Crippen LogP contribution is -2.43. The van der Waals surface area contributed by atoms with Crippen LogP contribution < -0.4 is 0 Å². The molecule has 0 radical (unpaired) electrons. The quantitative estimate of drug-likeness (QED) is 0.699. The summed E-state index contributed by atoms with van der Waals surface area (Å²) in [6, 6.07) is 0.509. The minimum absolute atomic E-state index is 0.424. The molecule has 3 heteroatoms. The van der Waals surface area contributed by atoms with Crippen molar-refractivity contribution in [3.8, 4) is 0 Å². The summed E-state index contributed by atoms with van der Waals surface area (Å²) in [5.41, 5.74) is 0. The van der Waals surface area contributed by atoms with Crippen LogP contribution in [0.3, 0.4) is 0 Å². The number of rotatable bonds is 5. The maximum atomic E-state index is 12.4. The molecule has 0 bridgehead atoms. The van der Waals surface area contributed by atoms with E-state index in [4.69, 9.17) is 0 Å². The van der Waals surface area contributed by atoms with E-state index in [0.29, 0.717) is 11.9 Å². The molecule has 0 aromatic carbocycles. The summed E-state index contributed by atoms with van der Waals surface area (Å²) in [4.78, 5) is 14.5. The van der Waals surface area contributed by atoms with Gasteiger partial charge in [-0.1, -0.05) is 41.6 Å². The van der Waals surface area contributed by atoms with Crippen molar-refractivity contribution in [1.29, 1.82) is 0 Å². The van der Waals surface area contributed by atoms with E-state index in [1.54, 1.807) is 0 Å². The second-order valence-corrected chi connectivity index (χ2v) is 6.70. The monoisotopic (exact) mass is 315 g/mol. The number of piperidine rings is 1. The van der Waals surface area contributed by atoms with Gasteiger partial charge in [0.15, 0.2) is 0 Å². The van der Waals surface area contributed by atoms with Crippen molar-refractivity contribution in [2.45, 2.75) is 70.3 Å². The molecule has 0 aromatic heterocycles. The van der Waals surface area contributed by atoms with Crippen LogP contribution in [0.5, 0.6) is 0 Å². The lowest BCUT2D eigenvalue weighted by atomic mass is 9.97. The fourth-order valence-electron chi connectivity index (χ4n) is 3.53. The number of nitrogens with zero attached hydrogens (tertiary/aromatic N) is 1. The van der Waals surface area contributed by atoms with Crippen molar-refractivity contribution in [2.75, 3.05) is 11.9 Å². The number of halogens is 1. The zero-order valence-corrected chi connectivity index (χ0v) is 13.0. The number of hydrogen-bond acceptors (Lipinski definition) is 1. The summed E-state index contributed by atoms with van der Waals surface area (Å²) in [6.45, 7) is 1.00. The van der Waals surface area contributed by atoms with Crippen molar-refractivity contribution in [3.63, 3.8) is 0 Å². The first-order valence-electron chi connectivity index (χ1n) is 7.66. The zero-order chi connectivity index (χ0) is 12.8. The fourth-order valence-corrected chi connectivity index (χ4v) is 4.05. The van der Waals surface area contributed by atoms with Gasteiger partial charge in [0.05, 0.1) is 0 Å². The third-order valence-electron chi connectivity index (χ3n) is 4.63. The van der Waals surface area contributed by atoms with Crippen LogP contribution >= 0.6 is 15.9 Å². The molecule has 18 heavy (non-hydrogen) atoms. The van der Waals surface area contributed by atoms with Gasteiger partial charge in [-0.3, -0.25) is 4.79 Å². The molecule has 2 nitrogen and oxygen atoms in total. The molecule has 1 heterocycles. The Kier molecular flexibility index (Phi) is 6.00. The van der Waals surface area contributed by atoms with Crippen LogP contribution in [-0.4, -0.2) is 28.7 Å². The third-order valence-corrected chi connectivity index (χ3v) is 5.09. The predicted molar refractivity (Wildman–Crippen MR) is 79.0 cm³/mol. The second kappa shape index (κ2) is 7.52. The van der Waals surface area contributed by atoms with Crippen molar-refractivity contribution in [1.82, 2.24) is 4.90 Å². The Morgan fingerprint density at radius 2 is 1.78 bits per heavy atom. The van der Waals surface area contributed by atoms with E-state index < -0.39 is 0 Å². The molecule has 104 valence electrons. The summed E-state index contributed by atoms with van der Waals surface area (Å²) in [5, 5.41) is 1.02. The van der Waals surface area contributed by atoms with E-state index in [1.807, 2.05) is 0 Å². The Morgan fingerprint density at radius 1 is 1.06 bits per heavy atom. The van der Waals surface area contributed by atoms with E-state index >= 15 is 0 Å². The number of likely N-dealkylation sites (tertiary alicyclic amines) is 1. The highest BCUT2D eigenvalue weighted by atomic mass is 79.9. The number of carbonyl (C=O) groups excluding carboxylic acids is 1. The van der Waals surface area contributed by atoms with Crippen LogP contribution in [0.4, 0.5) is 0 Å². The van der Waals surface area contributed by atoms with Crippen LogP contribution in [0.25, 0.3) is 0 Å². The molecule has 0 aromatic rings. The molecule has 2 rings (SSSR count). The van der Waals surface area contributed by atoms with Crippen molar-refractivity contribution in [3.05, 3.63) is 0 Å². The highest BCUT2D eigenvalue weighted by Gasteiger charge is 2.26. The topological polar surface area (TPSA) is 20.3 Å². The van der Waals surface area contributed by atoms with Gasteiger partial charge in [0.25, 0.3) is 0 Å². The molecule has 0 spiro atoms. The molecule has 1 atom stereocenters. The maximum absolute atomic E-state index is 12.4. The lowest BCUT2D eigenvalue weighted by molar-refractivity contribution is -0.135. The molecule has 0 N–H and O–H groups in total. The fraction of sp³-hybridized carbons (Fsp3) is 0.933. The predicted octanol–water partition coefficient (Wildman–Crippen LogP) is 4.12. The van der Waals surface area contributed by atoms with Crippen LogP contribution in [0.15, 0.2) is 0 Å². The Bertz CT molecular complexity index is 261. The van der Waals surface area contributed by atoms with Gasteiger partial charge < -0.3 is 4.90 Å². The summed E-state index contributed by atoms with van der Waals surface area (Å²) in [7, 11) is 0. The van der Waals surface area contributed by atoms with E-state index in [-0.39, 0.29) is 0 Å². The SMILES string of the molecule is O=C(CCC1CCCC1)N1CCCCC1CCBr. The number of hydrogen-bond donors (Lipinski definition) is 0. The first kappa shape index (κ1) is 14.4. The van der Waals surface area contributed by atoms with E-state index in [2.05, 4.69) is 20.8 Å². The average Bonchev–Trinajstić information content (AvgIpc) is 2.90. The molecule has 1 aliphatic heterocycles. The van der Waals surface area contributed by atoms with Gasteiger partial charge in [-0.25, -0.2) is 0 Å². The van der Waals surface area contributed by atoms with Crippen LogP contribution in [-0.2, 0) is 4.79 Å². The first-order chi connectivity index (χ1) is 8.81. The third kappa shape index (κ3) is 3.97. The highest BCUT2D eigenvalue weighted by molar-refractivity contribution is 9.09. The second-order valence-electron chi connectivity index (χ2n) is 5.90. The molecular weight excluding hydrogens is 290 g/mol. The smallest absolute Gasteiger partial charge is 0.222 e. The molecule has 2 aliphatic rings. The molecule has 1 aliphatic carbocycles. The molecule has 1 saturated heterocycles. The molecular formula is C15H26BrNO. The number of alkyl halides is 1. The van der Waals surface area contributed by atoms with Crippen molar-refractivity contribution in [2.24, 2.45) is 5.92 Å². The average molecular weight is 316 g/mol. The van der Waals surface area contributed by atoms with E-state index in [1.165, 1.54) is 44.9 Å². The highest BCUT2D eigenvalue weighted by Crippen LogP contribution is 2.29. The molecule has 1 unspecified atom stereocenters. The normalized spacial score (nSPS) is 25.6. The number of carbonyl (C=O) groups is 1. The van der Waals surface area contributed by atoms with Gasteiger partial charge in [-0.2, -0.15) is 0 Å². The molecule has 1 amide bonds. The minimum atomic E-state index is 0.424. The Balaban J connectivity index is 1.77. The van der Waals surface area contributed by atoms with Gasteiger partial charge in [-0.15, -0.1) is 0 Å². The Hall–Kier alpha value is -0.0500. The lowest BCUT2D eigenvalue weighted by Gasteiger charge is -2.36. The largest absolute Gasteiger partial charge is 0.340 e. The summed E-state index contributed by atoms with van der Waals surface area (Å²) >= 11 is 3.52. The van der Waals surface area contributed by atoms with Gasteiger partial charge in [0.1, 0.15) is 0 Å². The molecule has 1 saturated carbocycles. The maximum Gasteiger partial charge on any atom is 0.222 e.